The molecular formula is C23H24N4O. The van der Waals surface area contributed by atoms with Gasteiger partial charge >= 0.3 is 0 Å². The van der Waals surface area contributed by atoms with E-state index < -0.39 is 0 Å². The average Bonchev–Trinajstić information content (AvgIpc) is 2.72. The Morgan fingerprint density at radius 2 is 1.75 bits per heavy atom. The smallest absolute Gasteiger partial charge is 0.259 e. The number of aryl methyl sites for hydroxylation is 1. The molecule has 0 aliphatic rings. The van der Waals surface area contributed by atoms with Crippen LogP contribution in [-0.2, 0) is 6.54 Å². The lowest BCUT2D eigenvalue weighted by atomic mass is 10.2. The molecule has 2 aromatic carbocycles. The van der Waals surface area contributed by atoms with E-state index in [2.05, 4.69) is 15.3 Å². The molecule has 1 N–H and O–H groups in total. The minimum absolute atomic E-state index is 0.111. The lowest BCUT2D eigenvalue weighted by Crippen LogP contribution is -2.31. The summed E-state index contributed by atoms with van der Waals surface area (Å²) in [5.74, 6) is 1.01. The minimum atomic E-state index is -0.111. The average molecular weight is 372 g/mol. The van der Waals surface area contributed by atoms with Crippen LogP contribution in [0.5, 0.6) is 0 Å². The molecule has 5 heteroatoms. The Kier molecular flexibility index (Phi) is 6.52. The van der Waals surface area contributed by atoms with Crippen molar-refractivity contribution in [2.75, 3.05) is 11.9 Å². The Morgan fingerprint density at radius 1 is 1.07 bits per heavy atom. The predicted molar refractivity (Wildman–Crippen MR) is 112 cm³/mol. The Morgan fingerprint density at radius 3 is 2.43 bits per heavy atom. The van der Waals surface area contributed by atoms with Gasteiger partial charge in [0.2, 0.25) is 0 Å². The van der Waals surface area contributed by atoms with Gasteiger partial charge < -0.3 is 10.2 Å². The third kappa shape index (κ3) is 5.04. The molecule has 0 saturated heterocycles. The predicted octanol–water partition coefficient (Wildman–Crippen LogP) is 4.75. The number of anilines is 2. The minimum Gasteiger partial charge on any atom is -0.339 e. The maximum absolute atomic E-state index is 13.3. The summed E-state index contributed by atoms with van der Waals surface area (Å²) in [4.78, 5) is 23.9. The first-order valence-electron chi connectivity index (χ1n) is 9.27. The highest BCUT2D eigenvalue weighted by Crippen LogP contribution is 2.21. The number of benzene rings is 2. The van der Waals surface area contributed by atoms with E-state index >= 15 is 0 Å². The summed E-state index contributed by atoms with van der Waals surface area (Å²) in [6.45, 7) is 4.79. The zero-order chi connectivity index (χ0) is 19.8. The SMILES string of the molecule is C/C=C/CN(Cc1ccccc1)C(=O)c1cnc(C)nc1Nc1ccccc1. The molecule has 3 aromatic rings. The van der Waals surface area contributed by atoms with Crippen molar-refractivity contribution in [2.24, 2.45) is 0 Å². The van der Waals surface area contributed by atoms with Gasteiger partial charge in [-0.1, -0.05) is 60.7 Å². The summed E-state index contributed by atoms with van der Waals surface area (Å²) in [6.07, 6.45) is 5.52. The number of nitrogens with one attached hydrogen (secondary N) is 1. The molecule has 0 radical (unpaired) electrons. The van der Waals surface area contributed by atoms with Crippen LogP contribution in [0.4, 0.5) is 11.5 Å². The van der Waals surface area contributed by atoms with Crippen molar-refractivity contribution in [3.8, 4) is 0 Å². The van der Waals surface area contributed by atoms with Gasteiger partial charge in [-0.2, -0.15) is 0 Å². The molecule has 0 atom stereocenters. The van der Waals surface area contributed by atoms with Gasteiger partial charge in [0, 0.05) is 25.0 Å². The van der Waals surface area contributed by atoms with Crippen molar-refractivity contribution in [1.82, 2.24) is 14.9 Å². The molecule has 0 aliphatic carbocycles. The lowest BCUT2D eigenvalue weighted by molar-refractivity contribution is 0.0763. The Labute approximate surface area is 165 Å². The molecule has 3 rings (SSSR count). The topological polar surface area (TPSA) is 58.1 Å². The van der Waals surface area contributed by atoms with Gasteiger partial charge in [0.15, 0.2) is 0 Å². The fourth-order valence-electron chi connectivity index (χ4n) is 2.81. The van der Waals surface area contributed by atoms with Crippen LogP contribution in [0.1, 0.15) is 28.7 Å². The second-order valence-corrected chi connectivity index (χ2v) is 6.41. The molecule has 0 saturated carbocycles. The number of rotatable bonds is 7. The van der Waals surface area contributed by atoms with Crippen LogP contribution >= 0.6 is 0 Å². The van der Waals surface area contributed by atoms with Gasteiger partial charge in [-0.25, -0.2) is 9.97 Å². The van der Waals surface area contributed by atoms with Crippen LogP contribution in [0, 0.1) is 6.92 Å². The number of hydrogen-bond donors (Lipinski definition) is 1. The second-order valence-electron chi connectivity index (χ2n) is 6.41. The summed E-state index contributed by atoms with van der Waals surface area (Å²) in [5, 5.41) is 3.25. The Balaban J connectivity index is 1.91. The van der Waals surface area contributed by atoms with Crippen molar-refractivity contribution in [1.29, 1.82) is 0 Å². The molecule has 5 nitrogen and oxygen atoms in total. The van der Waals surface area contributed by atoms with Crippen LogP contribution in [0.2, 0.25) is 0 Å². The largest absolute Gasteiger partial charge is 0.339 e. The quantitative estimate of drug-likeness (QED) is 0.608. The summed E-state index contributed by atoms with van der Waals surface area (Å²) in [6, 6.07) is 19.7. The van der Waals surface area contributed by atoms with E-state index in [1.54, 1.807) is 11.1 Å². The first-order chi connectivity index (χ1) is 13.7. The first-order valence-corrected chi connectivity index (χ1v) is 9.27. The fourth-order valence-corrected chi connectivity index (χ4v) is 2.81. The highest BCUT2D eigenvalue weighted by molar-refractivity contribution is 5.99. The molecule has 0 aliphatic heterocycles. The zero-order valence-electron chi connectivity index (χ0n) is 16.2. The van der Waals surface area contributed by atoms with Crippen molar-refractivity contribution in [2.45, 2.75) is 20.4 Å². The summed E-state index contributed by atoms with van der Waals surface area (Å²) in [7, 11) is 0. The summed E-state index contributed by atoms with van der Waals surface area (Å²) in [5.41, 5.74) is 2.40. The van der Waals surface area contributed by atoms with Crippen LogP contribution < -0.4 is 5.32 Å². The number of hydrogen-bond acceptors (Lipinski definition) is 4. The van der Waals surface area contributed by atoms with E-state index in [1.807, 2.05) is 86.7 Å². The van der Waals surface area contributed by atoms with E-state index in [9.17, 15) is 4.79 Å². The molecular weight excluding hydrogens is 348 g/mol. The number of carbonyl (C=O) groups excluding carboxylic acids is 1. The van der Waals surface area contributed by atoms with Crippen LogP contribution in [0.25, 0.3) is 0 Å². The van der Waals surface area contributed by atoms with Gasteiger partial charge in [-0.05, 0) is 31.5 Å². The van der Waals surface area contributed by atoms with Crippen LogP contribution in [0.15, 0.2) is 79.0 Å². The molecule has 0 bridgehead atoms. The van der Waals surface area contributed by atoms with E-state index in [0.29, 0.717) is 30.3 Å². The monoisotopic (exact) mass is 372 g/mol. The molecule has 0 spiro atoms. The van der Waals surface area contributed by atoms with Gasteiger partial charge in [-0.15, -0.1) is 0 Å². The number of aromatic nitrogens is 2. The van der Waals surface area contributed by atoms with Crippen molar-refractivity contribution >= 4 is 17.4 Å². The third-order valence-corrected chi connectivity index (χ3v) is 4.24. The maximum Gasteiger partial charge on any atom is 0.259 e. The highest BCUT2D eigenvalue weighted by Gasteiger charge is 2.20. The third-order valence-electron chi connectivity index (χ3n) is 4.24. The molecule has 0 fully saturated rings. The fraction of sp³-hybridized carbons (Fsp3) is 0.174. The Hall–Kier alpha value is -3.47. The first kappa shape index (κ1) is 19.3. The number of carbonyl (C=O) groups is 1. The van der Waals surface area contributed by atoms with Crippen molar-refractivity contribution in [3.05, 3.63) is 96.0 Å². The van der Waals surface area contributed by atoms with E-state index in [-0.39, 0.29) is 5.91 Å². The van der Waals surface area contributed by atoms with Crippen molar-refractivity contribution in [3.63, 3.8) is 0 Å². The van der Waals surface area contributed by atoms with Gasteiger partial charge in [0.05, 0.1) is 0 Å². The maximum atomic E-state index is 13.3. The molecule has 1 amide bonds. The van der Waals surface area contributed by atoms with Crippen LogP contribution in [-0.4, -0.2) is 27.3 Å². The summed E-state index contributed by atoms with van der Waals surface area (Å²) >= 11 is 0. The zero-order valence-corrected chi connectivity index (χ0v) is 16.2. The van der Waals surface area contributed by atoms with E-state index in [0.717, 1.165) is 11.3 Å². The van der Waals surface area contributed by atoms with E-state index in [1.165, 1.54) is 0 Å². The van der Waals surface area contributed by atoms with Crippen LogP contribution in [0.3, 0.4) is 0 Å². The standard InChI is InChI=1S/C23H24N4O/c1-3-4-15-27(17-19-11-7-5-8-12-19)23(28)21-16-24-18(2)25-22(21)26-20-13-9-6-10-14-20/h3-14,16H,15,17H2,1-2H3,(H,24,25,26)/b4-3+. The Bertz CT molecular complexity index is 939. The van der Waals surface area contributed by atoms with E-state index in [4.69, 9.17) is 0 Å². The number of amides is 1. The highest BCUT2D eigenvalue weighted by atomic mass is 16.2. The molecule has 0 unspecified atom stereocenters. The number of nitrogens with zero attached hydrogens (tertiary/aromatic N) is 3. The van der Waals surface area contributed by atoms with Crippen molar-refractivity contribution < 1.29 is 4.79 Å². The van der Waals surface area contributed by atoms with Gasteiger partial charge in [0.1, 0.15) is 17.2 Å². The molecule has 1 heterocycles. The molecule has 28 heavy (non-hydrogen) atoms. The normalized spacial score (nSPS) is 10.8. The second kappa shape index (κ2) is 9.46. The number of allylic oxidation sites excluding steroid dienone is 1. The van der Waals surface area contributed by atoms with Gasteiger partial charge in [-0.3, -0.25) is 4.79 Å². The summed E-state index contributed by atoms with van der Waals surface area (Å²) < 4.78 is 0. The van der Waals surface area contributed by atoms with Gasteiger partial charge in [0.25, 0.3) is 5.91 Å². The lowest BCUT2D eigenvalue weighted by Gasteiger charge is -2.22. The molecule has 142 valence electrons. The molecule has 1 aromatic heterocycles. The number of para-hydroxylation sites is 1.